The fourth-order valence-corrected chi connectivity index (χ4v) is 5.76. The Hall–Kier alpha value is -3.17. The molecule has 0 aliphatic carbocycles. The molecule has 2 heterocycles. The molecule has 0 radical (unpaired) electrons. The van der Waals surface area contributed by atoms with Crippen molar-refractivity contribution in [1.82, 2.24) is 9.46 Å². The lowest BCUT2D eigenvalue weighted by atomic mass is 10.1. The first-order chi connectivity index (χ1) is 16.3. The van der Waals surface area contributed by atoms with E-state index in [0.29, 0.717) is 41.4 Å². The molecule has 1 fully saturated rings. The summed E-state index contributed by atoms with van der Waals surface area (Å²) in [5.74, 6) is 0.874. The van der Waals surface area contributed by atoms with E-state index >= 15 is 0 Å². The molecule has 0 saturated carbocycles. The maximum absolute atomic E-state index is 13.2. The van der Waals surface area contributed by atoms with Gasteiger partial charge in [-0.25, -0.2) is 8.42 Å². The number of hydrogen-bond acceptors (Lipinski definition) is 6. The highest BCUT2D eigenvalue weighted by molar-refractivity contribution is 7.89. The molecule has 180 valence electrons. The number of carbonyl (C=O) groups is 1. The summed E-state index contributed by atoms with van der Waals surface area (Å²) < 4.78 is 38.8. The quantitative estimate of drug-likeness (QED) is 0.527. The number of rotatable bonds is 7. The fraction of sp³-hybridized carbons (Fsp3) is 0.360. The van der Waals surface area contributed by atoms with E-state index in [9.17, 15) is 13.2 Å². The van der Waals surface area contributed by atoms with Gasteiger partial charge in [-0.2, -0.15) is 4.31 Å². The minimum Gasteiger partial charge on any atom is -0.489 e. The van der Waals surface area contributed by atoms with E-state index in [1.807, 2.05) is 13.8 Å². The van der Waals surface area contributed by atoms with Crippen LogP contribution in [-0.2, 0) is 16.6 Å². The van der Waals surface area contributed by atoms with Gasteiger partial charge in [0, 0.05) is 24.3 Å². The zero-order valence-electron chi connectivity index (χ0n) is 19.6. The van der Waals surface area contributed by atoms with Crippen LogP contribution in [0.3, 0.4) is 0 Å². The van der Waals surface area contributed by atoms with Crippen LogP contribution in [-0.4, -0.2) is 36.9 Å². The van der Waals surface area contributed by atoms with Crippen molar-refractivity contribution in [2.24, 2.45) is 0 Å². The first kappa shape index (κ1) is 24.0. The van der Waals surface area contributed by atoms with Gasteiger partial charge in [-0.3, -0.25) is 4.79 Å². The lowest BCUT2D eigenvalue weighted by Gasteiger charge is -2.26. The van der Waals surface area contributed by atoms with Gasteiger partial charge in [-0.15, -0.1) is 0 Å². The number of benzene rings is 2. The van der Waals surface area contributed by atoms with Crippen molar-refractivity contribution in [3.05, 3.63) is 70.6 Å². The van der Waals surface area contributed by atoms with Gasteiger partial charge in [0.2, 0.25) is 10.0 Å². The average Bonchev–Trinajstić information content (AvgIpc) is 3.16. The summed E-state index contributed by atoms with van der Waals surface area (Å²) in [4.78, 5) is 13.1. The molecule has 1 N–H and O–H groups in total. The smallest absolute Gasteiger partial charge is 0.255 e. The normalized spacial score (nSPS) is 14.7. The molecule has 1 aromatic heterocycles. The van der Waals surface area contributed by atoms with Crippen LogP contribution >= 0.6 is 0 Å². The van der Waals surface area contributed by atoms with Crippen LogP contribution in [0.1, 0.15) is 52.2 Å². The number of aryl methyl sites for hydroxylation is 3. The number of piperidine rings is 1. The van der Waals surface area contributed by atoms with Gasteiger partial charge in [0.05, 0.1) is 16.2 Å². The zero-order chi connectivity index (χ0) is 24.3. The molecule has 9 heteroatoms. The number of hydrogen-bond donors (Lipinski definition) is 1. The van der Waals surface area contributed by atoms with Crippen LogP contribution < -0.4 is 10.1 Å². The molecule has 3 aromatic rings. The van der Waals surface area contributed by atoms with Crippen LogP contribution in [0, 0.1) is 20.8 Å². The zero-order valence-corrected chi connectivity index (χ0v) is 20.4. The Morgan fingerprint density at radius 2 is 1.85 bits per heavy atom. The third-order valence-corrected chi connectivity index (χ3v) is 8.08. The highest BCUT2D eigenvalue weighted by atomic mass is 32.2. The predicted octanol–water partition coefficient (Wildman–Crippen LogP) is 4.61. The highest BCUT2D eigenvalue weighted by Gasteiger charge is 2.27. The molecule has 0 atom stereocenters. The minimum atomic E-state index is -3.61. The molecule has 0 bridgehead atoms. The van der Waals surface area contributed by atoms with Gasteiger partial charge in [0.1, 0.15) is 18.1 Å². The number of nitrogens with zero attached hydrogens (tertiary/aromatic N) is 2. The monoisotopic (exact) mass is 483 g/mol. The van der Waals surface area contributed by atoms with Crippen molar-refractivity contribution >= 4 is 21.6 Å². The lowest BCUT2D eigenvalue weighted by molar-refractivity contribution is 0.102. The second-order valence-corrected chi connectivity index (χ2v) is 10.4. The number of amides is 1. The second kappa shape index (κ2) is 9.99. The third-order valence-electron chi connectivity index (χ3n) is 6.04. The van der Waals surface area contributed by atoms with Crippen molar-refractivity contribution in [2.45, 2.75) is 51.5 Å². The van der Waals surface area contributed by atoms with Gasteiger partial charge >= 0.3 is 0 Å². The van der Waals surface area contributed by atoms with Crippen LogP contribution in [0.4, 0.5) is 5.69 Å². The Labute approximate surface area is 200 Å². The first-order valence-electron chi connectivity index (χ1n) is 11.3. The standard InChI is InChI=1S/C25H29N3O5S/c1-17-10-11-21(15-24(17)34(30,31)28-12-5-4-6-13-28)26-25(29)20-8-7-9-22(14-20)32-16-23-18(2)27-33-19(23)3/h7-11,14-15H,4-6,12-13,16H2,1-3H3,(H,26,29). The van der Waals surface area contributed by atoms with Crippen molar-refractivity contribution in [3.63, 3.8) is 0 Å². The first-order valence-corrected chi connectivity index (χ1v) is 12.8. The van der Waals surface area contributed by atoms with Crippen LogP contribution in [0.2, 0.25) is 0 Å². The van der Waals surface area contributed by atoms with E-state index in [1.165, 1.54) is 10.4 Å². The highest BCUT2D eigenvalue weighted by Crippen LogP contribution is 2.26. The summed E-state index contributed by atoms with van der Waals surface area (Å²) in [6, 6.07) is 11.8. The van der Waals surface area contributed by atoms with Crippen LogP contribution in [0.25, 0.3) is 0 Å². The molecule has 1 aliphatic rings. The average molecular weight is 484 g/mol. The maximum Gasteiger partial charge on any atom is 0.255 e. The van der Waals surface area contributed by atoms with Crippen molar-refractivity contribution in [2.75, 3.05) is 18.4 Å². The Morgan fingerprint density at radius 3 is 2.56 bits per heavy atom. The molecular formula is C25H29N3O5S. The summed E-state index contributed by atoms with van der Waals surface area (Å²) >= 11 is 0. The van der Waals surface area contributed by atoms with Crippen molar-refractivity contribution < 1.29 is 22.5 Å². The Balaban J connectivity index is 1.49. The van der Waals surface area contributed by atoms with Crippen LogP contribution in [0.15, 0.2) is 51.9 Å². The number of ether oxygens (including phenoxy) is 1. The van der Waals surface area contributed by atoms with E-state index in [-0.39, 0.29) is 17.4 Å². The van der Waals surface area contributed by atoms with Gasteiger partial charge in [-0.05, 0) is 69.5 Å². The van der Waals surface area contributed by atoms with Crippen molar-refractivity contribution in [3.8, 4) is 5.75 Å². The Kier molecular flexibility index (Phi) is 7.04. The molecule has 4 rings (SSSR count). The number of anilines is 1. The molecule has 1 aliphatic heterocycles. The van der Waals surface area contributed by atoms with E-state index in [0.717, 1.165) is 30.5 Å². The van der Waals surface area contributed by atoms with E-state index in [4.69, 9.17) is 9.26 Å². The SMILES string of the molecule is Cc1ccc(NC(=O)c2cccc(OCc3c(C)noc3C)c2)cc1S(=O)(=O)N1CCCCC1. The van der Waals surface area contributed by atoms with Gasteiger partial charge < -0.3 is 14.6 Å². The molecule has 8 nitrogen and oxygen atoms in total. The number of sulfonamides is 1. The molecule has 1 saturated heterocycles. The lowest BCUT2D eigenvalue weighted by Crippen LogP contribution is -2.36. The molecular weight excluding hydrogens is 454 g/mol. The molecule has 0 unspecified atom stereocenters. The van der Waals surface area contributed by atoms with Crippen LogP contribution in [0.5, 0.6) is 5.75 Å². The molecule has 1 amide bonds. The molecule has 0 spiro atoms. The largest absolute Gasteiger partial charge is 0.489 e. The number of carbonyl (C=O) groups excluding carboxylic acids is 1. The fourth-order valence-electron chi connectivity index (χ4n) is 3.99. The Bertz CT molecular complexity index is 1270. The van der Waals surface area contributed by atoms with E-state index in [2.05, 4.69) is 10.5 Å². The Morgan fingerprint density at radius 1 is 1.09 bits per heavy atom. The molecule has 34 heavy (non-hydrogen) atoms. The summed E-state index contributed by atoms with van der Waals surface area (Å²) in [5.41, 5.74) is 3.11. The summed E-state index contributed by atoms with van der Waals surface area (Å²) in [7, 11) is -3.61. The second-order valence-electron chi connectivity index (χ2n) is 8.52. The van der Waals surface area contributed by atoms with Gasteiger partial charge in [0.25, 0.3) is 5.91 Å². The molecule has 2 aromatic carbocycles. The number of nitrogens with one attached hydrogen (secondary N) is 1. The van der Waals surface area contributed by atoms with Crippen molar-refractivity contribution in [1.29, 1.82) is 0 Å². The predicted molar refractivity (Wildman–Crippen MR) is 128 cm³/mol. The maximum atomic E-state index is 13.2. The topological polar surface area (TPSA) is 102 Å². The summed E-state index contributed by atoms with van der Waals surface area (Å²) in [5, 5.41) is 6.73. The van der Waals surface area contributed by atoms with E-state index in [1.54, 1.807) is 43.3 Å². The van der Waals surface area contributed by atoms with Gasteiger partial charge in [0.15, 0.2) is 0 Å². The third kappa shape index (κ3) is 5.15. The van der Waals surface area contributed by atoms with Gasteiger partial charge in [-0.1, -0.05) is 23.7 Å². The summed E-state index contributed by atoms with van der Waals surface area (Å²) in [6.07, 6.45) is 2.77. The van der Waals surface area contributed by atoms with E-state index < -0.39 is 10.0 Å². The minimum absolute atomic E-state index is 0.226. The number of aromatic nitrogens is 1. The summed E-state index contributed by atoms with van der Waals surface area (Å²) in [6.45, 7) is 6.77.